The Bertz CT molecular complexity index is 1230. The molecule has 0 bridgehead atoms. The van der Waals surface area contributed by atoms with Gasteiger partial charge in [0.15, 0.2) is 18.1 Å². The molecule has 0 saturated carbocycles. The molecule has 1 aromatic heterocycles. The lowest BCUT2D eigenvalue weighted by Crippen LogP contribution is -3.00. The molecule has 0 saturated heterocycles. The molecule has 0 atom stereocenters. The number of rotatable bonds is 6. The van der Waals surface area contributed by atoms with E-state index in [9.17, 15) is 9.59 Å². The van der Waals surface area contributed by atoms with Gasteiger partial charge in [-0.05, 0) is 48.4 Å². The molecule has 0 radical (unpaired) electrons. The summed E-state index contributed by atoms with van der Waals surface area (Å²) in [5.41, 5.74) is 2.78. The fourth-order valence-electron chi connectivity index (χ4n) is 3.34. The number of methoxy groups -OCH3 is 1. The van der Waals surface area contributed by atoms with Crippen LogP contribution in [0, 0.1) is 6.92 Å². The van der Waals surface area contributed by atoms with Gasteiger partial charge in [0, 0.05) is 17.8 Å². The molecule has 2 heterocycles. The number of hydrogen-bond donors (Lipinski definition) is 1. The first-order chi connectivity index (χ1) is 15.4. The van der Waals surface area contributed by atoms with Crippen LogP contribution < -0.4 is 27.0 Å². The predicted molar refractivity (Wildman–Crippen MR) is 123 cm³/mol. The number of aromatic nitrogens is 1. The Morgan fingerprint density at radius 2 is 1.61 bits per heavy atom. The number of carbonyl (C=O) groups excluding carboxylic acids is 2. The van der Waals surface area contributed by atoms with Crippen molar-refractivity contribution in [2.75, 3.05) is 12.4 Å². The second-order valence-corrected chi connectivity index (χ2v) is 8.12. The van der Waals surface area contributed by atoms with Crippen LogP contribution in [0.25, 0.3) is 5.70 Å². The van der Waals surface area contributed by atoms with Gasteiger partial charge in [-0.2, -0.15) is 4.57 Å². The van der Waals surface area contributed by atoms with Crippen LogP contribution >= 0.6 is 23.2 Å². The zero-order valence-corrected chi connectivity index (χ0v) is 20.1. The molecule has 33 heavy (non-hydrogen) atoms. The molecule has 2 aromatic carbocycles. The number of anilines is 1. The van der Waals surface area contributed by atoms with Crippen LogP contribution in [0.15, 0.2) is 72.7 Å². The van der Waals surface area contributed by atoms with Gasteiger partial charge in [0.2, 0.25) is 0 Å². The summed E-state index contributed by atoms with van der Waals surface area (Å²) in [5, 5.41) is 3.81. The number of nitrogens with one attached hydrogen (secondary N) is 1. The van der Waals surface area contributed by atoms with Crippen LogP contribution in [0.5, 0.6) is 5.75 Å². The second kappa shape index (κ2) is 10.3. The van der Waals surface area contributed by atoms with Gasteiger partial charge in [0.05, 0.1) is 23.7 Å². The number of pyridine rings is 1. The van der Waals surface area contributed by atoms with E-state index in [1.54, 1.807) is 54.4 Å². The zero-order chi connectivity index (χ0) is 22.8. The molecule has 0 unspecified atom stereocenters. The standard InChI is InChI=1S/C24H19Cl2N3O3.ClH/c1-15-9-11-28(12-10-15)22-21(27-17-5-8-19(25)20(26)13-17)23(30)29(24(22)31)14-16-3-6-18(32-2)7-4-16;/h3-13H,14H2,1-2H3;1H. The summed E-state index contributed by atoms with van der Waals surface area (Å²) in [6.07, 6.45) is 3.51. The van der Waals surface area contributed by atoms with Crippen LogP contribution in [0.4, 0.5) is 5.69 Å². The fraction of sp³-hybridized carbons (Fsp3) is 0.125. The topological polar surface area (TPSA) is 62.5 Å². The molecule has 1 N–H and O–H groups in total. The molecule has 2 amide bonds. The Kier molecular flexibility index (Phi) is 7.64. The van der Waals surface area contributed by atoms with Crippen molar-refractivity contribution in [1.82, 2.24) is 4.90 Å². The van der Waals surface area contributed by atoms with E-state index in [0.717, 1.165) is 11.1 Å². The Hall–Kier alpha value is -3.06. The maximum absolute atomic E-state index is 13.4. The first-order valence-electron chi connectivity index (χ1n) is 9.81. The minimum atomic E-state index is -0.431. The van der Waals surface area contributed by atoms with Crippen molar-refractivity contribution < 1.29 is 31.3 Å². The quantitative estimate of drug-likeness (QED) is 0.408. The average Bonchev–Trinajstić information content (AvgIpc) is 3.01. The van der Waals surface area contributed by atoms with E-state index in [0.29, 0.717) is 21.5 Å². The number of carbonyl (C=O) groups is 2. The normalized spacial score (nSPS) is 13.3. The molecule has 170 valence electrons. The molecule has 0 aliphatic carbocycles. The van der Waals surface area contributed by atoms with Gasteiger partial charge in [0.25, 0.3) is 5.91 Å². The third-order valence-corrected chi connectivity index (χ3v) is 5.83. The van der Waals surface area contributed by atoms with Gasteiger partial charge in [-0.1, -0.05) is 35.3 Å². The second-order valence-electron chi connectivity index (χ2n) is 7.30. The molecule has 3 aromatic rings. The number of ether oxygens (including phenoxy) is 1. The molecule has 4 rings (SSSR count). The lowest BCUT2D eigenvalue weighted by Gasteiger charge is -2.14. The van der Waals surface area contributed by atoms with Gasteiger partial charge >= 0.3 is 11.6 Å². The van der Waals surface area contributed by atoms with E-state index in [-0.39, 0.29) is 30.3 Å². The third kappa shape index (κ3) is 5.14. The number of amides is 2. The lowest BCUT2D eigenvalue weighted by molar-refractivity contribution is -0.578. The number of hydrogen-bond acceptors (Lipinski definition) is 4. The number of halogens is 3. The van der Waals surface area contributed by atoms with Gasteiger partial charge in [0.1, 0.15) is 5.75 Å². The molecular weight excluding hydrogens is 485 g/mol. The monoisotopic (exact) mass is 503 g/mol. The van der Waals surface area contributed by atoms with Crippen molar-refractivity contribution in [2.45, 2.75) is 13.5 Å². The van der Waals surface area contributed by atoms with E-state index in [1.807, 2.05) is 31.2 Å². The highest BCUT2D eigenvalue weighted by Gasteiger charge is 2.45. The van der Waals surface area contributed by atoms with Crippen LogP contribution in [0.2, 0.25) is 10.0 Å². The Labute approximate surface area is 207 Å². The highest BCUT2D eigenvalue weighted by atomic mass is 35.5. The maximum atomic E-state index is 13.4. The summed E-state index contributed by atoms with van der Waals surface area (Å²) >= 11 is 12.1. The maximum Gasteiger partial charge on any atom is 0.328 e. The molecule has 0 fully saturated rings. The van der Waals surface area contributed by atoms with Crippen LogP contribution in [0.3, 0.4) is 0 Å². The predicted octanol–water partition coefficient (Wildman–Crippen LogP) is 1.45. The third-order valence-electron chi connectivity index (χ3n) is 5.09. The van der Waals surface area contributed by atoms with Crippen molar-refractivity contribution >= 4 is 46.4 Å². The number of benzene rings is 2. The first-order valence-corrected chi connectivity index (χ1v) is 10.6. The molecule has 1 aliphatic heterocycles. The van der Waals surface area contributed by atoms with Crippen molar-refractivity contribution in [3.63, 3.8) is 0 Å². The van der Waals surface area contributed by atoms with Crippen molar-refractivity contribution in [3.8, 4) is 5.75 Å². The number of imide groups is 1. The van der Waals surface area contributed by atoms with E-state index in [4.69, 9.17) is 27.9 Å². The highest BCUT2D eigenvalue weighted by Crippen LogP contribution is 2.29. The lowest BCUT2D eigenvalue weighted by atomic mass is 10.2. The zero-order valence-electron chi connectivity index (χ0n) is 17.8. The molecule has 9 heteroatoms. The van der Waals surface area contributed by atoms with Crippen molar-refractivity contribution in [2.24, 2.45) is 0 Å². The Balaban J connectivity index is 0.00000306. The minimum absolute atomic E-state index is 0. The van der Waals surface area contributed by atoms with Crippen molar-refractivity contribution in [3.05, 3.63) is 93.9 Å². The van der Waals surface area contributed by atoms with Gasteiger partial charge < -0.3 is 22.5 Å². The van der Waals surface area contributed by atoms with Gasteiger partial charge in [-0.3, -0.25) is 14.5 Å². The fourth-order valence-corrected chi connectivity index (χ4v) is 3.64. The summed E-state index contributed by atoms with van der Waals surface area (Å²) in [5.74, 6) is -0.133. The van der Waals surface area contributed by atoms with Crippen LogP contribution in [-0.4, -0.2) is 23.8 Å². The van der Waals surface area contributed by atoms with Crippen molar-refractivity contribution in [1.29, 1.82) is 0 Å². The molecule has 6 nitrogen and oxygen atoms in total. The highest BCUT2D eigenvalue weighted by molar-refractivity contribution is 6.42. The number of aryl methyl sites for hydroxylation is 1. The van der Waals surface area contributed by atoms with Gasteiger partial charge in [-0.15, -0.1) is 0 Å². The van der Waals surface area contributed by atoms with E-state index in [2.05, 4.69) is 5.32 Å². The Morgan fingerprint density at radius 1 is 0.939 bits per heavy atom. The molecule has 1 aliphatic rings. The summed E-state index contributed by atoms with van der Waals surface area (Å²) in [4.78, 5) is 27.9. The van der Waals surface area contributed by atoms with E-state index < -0.39 is 11.8 Å². The van der Waals surface area contributed by atoms with Gasteiger partial charge in [-0.25, -0.2) is 0 Å². The van der Waals surface area contributed by atoms with E-state index >= 15 is 0 Å². The minimum Gasteiger partial charge on any atom is -1.00 e. The molecular formula is C24H20Cl3N3O3. The molecule has 0 spiro atoms. The summed E-state index contributed by atoms with van der Waals surface area (Å²) in [6.45, 7) is 2.08. The first kappa shape index (κ1) is 24.6. The average molecular weight is 505 g/mol. The number of nitrogens with zero attached hydrogens (tertiary/aromatic N) is 2. The Morgan fingerprint density at radius 3 is 2.21 bits per heavy atom. The SMILES string of the molecule is COc1ccc(CN2C(=O)C(Nc3ccc(Cl)c(Cl)c3)=C([n+]3ccc(C)cc3)C2=O)cc1.[Cl-]. The van der Waals surface area contributed by atoms with Crippen LogP contribution in [0.1, 0.15) is 11.1 Å². The summed E-state index contributed by atoms with van der Waals surface area (Å²) in [6, 6.07) is 15.9. The summed E-state index contributed by atoms with van der Waals surface area (Å²) in [7, 11) is 1.58. The summed E-state index contributed by atoms with van der Waals surface area (Å²) < 4.78 is 6.82. The largest absolute Gasteiger partial charge is 1.00 e. The smallest absolute Gasteiger partial charge is 0.328 e. The van der Waals surface area contributed by atoms with E-state index in [1.165, 1.54) is 4.90 Å². The van der Waals surface area contributed by atoms with Crippen LogP contribution in [-0.2, 0) is 16.1 Å².